The molecule has 286 valence electrons. The van der Waals surface area contributed by atoms with Crippen LogP contribution in [0.15, 0.2) is 224 Å². The van der Waals surface area contributed by atoms with Crippen molar-refractivity contribution in [3.05, 3.63) is 224 Å². The highest BCUT2D eigenvalue weighted by atomic mass is 32.1. The van der Waals surface area contributed by atoms with Crippen LogP contribution in [0.25, 0.3) is 95.6 Å². The van der Waals surface area contributed by atoms with Gasteiger partial charge >= 0.3 is 0 Å². The van der Waals surface area contributed by atoms with E-state index in [1.54, 1.807) is 0 Å². The summed E-state index contributed by atoms with van der Waals surface area (Å²) in [7, 11) is 0. The van der Waals surface area contributed by atoms with Crippen molar-refractivity contribution in [3.63, 3.8) is 0 Å². The Morgan fingerprint density at radius 1 is 0.295 bits per heavy atom. The summed E-state index contributed by atoms with van der Waals surface area (Å²) >= 11 is 3.75. The van der Waals surface area contributed by atoms with Gasteiger partial charge in [-0.25, -0.2) is 0 Å². The number of nitrogens with zero attached hydrogens (tertiary/aromatic N) is 1. The third-order valence-corrected chi connectivity index (χ3v) is 14.4. The Morgan fingerprint density at radius 3 is 1.69 bits per heavy atom. The molecule has 1 nitrogen and oxygen atoms in total. The number of hydrogen-bond acceptors (Lipinski definition) is 3. The minimum atomic E-state index is 1.10. The van der Waals surface area contributed by atoms with Crippen molar-refractivity contribution in [1.82, 2.24) is 0 Å². The molecule has 2 aromatic heterocycles. The van der Waals surface area contributed by atoms with E-state index < -0.39 is 0 Å². The van der Waals surface area contributed by atoms with E-state index in [0.717, 1.165) is 17.1 Å². The first-order valence-corrected chi connectivity index (χ1v) is 22.4. The van der Waals surface area contributed by atoms with Gasteiger partial charge in [0.15, 0.2) is 0 Å². The summed E-state index contributed by atoms with van der Waals surface area (Å²) in [4.78, 5) is 2.46. The van der Waals surface area contributed by atoms with Gasteiger partial charge in [0.1, 0.15) is 0 Å². The average molecular weight is 812 g/mol. The molecule has 0 aliphatic heterocycles. The Balaban J connectivity index is 1.07. The first-order chi connectivity index (χ1) is 30.3. The fourth-order valence-corrected chi connectivity index (χ4v) is 11.7. The van der Waals surface area contributed by atoms with Gasteiger partial charge < -0.3 is 4.90 Å². The standard InChI is InChI=1S/C58H37NS2/c1-2-15-38(16-3-1)44-24-11-17-40-18-12-27-49(56(40)44)47-21-4-7-29-52(47)59(42-35-33-39(34-36-42)45-25-14-32-55-57(45)51-23-6-9-31-54(51)60-55)43-20-10-19-41(37-43)46-26-13-28-50-48-22-5-8-30-53(48)61-58(46)50/h1-37H. The largest absolute Gasteiger partial charge is 0.310 e. The predicted molar refractivity (Wildman–Crippen MR) is 266 cm³/mol. The predicted octanol–water partition coefficient (Wildman–Crippen LogP) is 17.7. The molecule has 0 unspecified atom stereocenters. The Labute approximate surface area is 362 Å². The lowest BCUT2D eigenvalue weighted by Gasteiger charge is -2.29. The van der Waals surface area contributed by atoms with Crippen molar-refractivity contribution in [2.24, 2.45) is 0 Å². The Kier molecular flexibility index (Phi) is 8.62. The van der Waals surface area contributed by atoms with E-state index in [4.69, 9.17) is 0 Å². The molecule has 0 fully saturated rings. The first kappa shape index (κ1) is 35.6. The van der Waals surface area contributed by atoms with E-state index >= 15 is 0 Å². The fraction of sp³-hybridized carbons (Fsp3) is 0. The van der Waals surface area contributed by atoms with Crippen LogP contribution >= 0.6 is 22.7 Å². The van der Waals surface area contributed by atoms with E-state index in [-0.39, 0.29) is 0 Å². The Morgan fingerprint density at radius 2 is 0.852 bits per heavy atom. The van der Waals surface area contributed by atoms with Crippen molar-refractivity contribution >= 4 is 90.9 Å². The van der Waals surface area contributed by atoms with Crippen LogP contribution in [0.1, 0.15) is 0 Å². The second-order valence-electron chi connectivity index (χ2n) is 15.6. The monoisotopic (exact) mass is 811 g/mol. The van der Waals surface area contributed by atoms with Gasteiger partial charge in [0.05, 0.1) is 5.69 Å². The number of rotatable bonds is 7. The highest BCUT2D eigenvalue weighted by molar-refractivity contribution is 7.26. The molecule has 0 aliphatic rings. The summed E-state index contributed by atoms with van der Waals surface area (Å²) in [5.74, 6) is 0. The summed E-state index contributed by atoms with van der Waals surface area (Å²) in [5, 5.41) is 7.73. The second-order valence-corrected chi connectivity index (χ2v) is 17.7. The van der Waals surface area contributed by atoms with E-state index in [1.807, 2.05) is 22.7 Å². The summed E-state index contributed by atoms with van der Waals surface area (Å²) in [6, 6.07) is 82.4. The molecule has 12 aromatic rings. The number of fused-ring (bicyclic) bond motifs is 7. The first-order valence-electron chi connectivity index (χ1n) is 20.7. The van der Waals surface area contributed by atoms with E-state index in [1.165, 1.54) is 95.6 Å². The molecule has 0 saturated carbocycles. The number of para-hydroxylation sites is 1. The quantitative estimate of drug-likeness (QED) is 0.155. The lowest BCUT2D eigenvalue weighted by atomic mass is 9.90. The number of hydrogen-bond donors (Lipinski definition) is 0. The van der Waals surface area contributed by atoms with Crippen LogP contribution in [0.3, 0.4) is 0 Å². The third-order valence-electron chi connectivity index (χ3n) is 12.1. The summed E-state index contributed by atoms with van der Waals surface area (Å²) < 4.78 is 5.26. The van der Waals surface area contributed by atoms with Crippen LogP contribution in [0.4, 0.5) is 17.1 Å². The van der Waals surface area contributed by atoms with E-state index in [9.17, 15) is 0 Å². The van der Waals surface area contributed by atoms with Gasteiger partial charge in [-0.3, -0.25) is 0 Å². The van der Waals surface area contributed by atoms with Crippen LogP contribution in [-0.4, -0.2) is 0 Å². The summed E-state index contributed by atoms with van der Waals surface area (Å²) in [6.07, 6.45) is 0. The maximum Gasteiger partial charge on any atom is 0.0540 e. The minimum absolute atomic E-state index is 1.10. The average Bonchev–Trinajstić information content (AvgIpc) is 3.91. The normalized spacial score (nSPS) is 11.6. The zero-order chi connectivity index (χ0) is 40.3. The molecule has 0 N–H and O–H groups in total. The molecule has 0 aliphatic carbocycles. The maximum absolute atomic E-state index is 2.46. The molecular formula is C58H37NS2. The topological polar surface area (TPSA) is 3.24 Å². The van der Waals surface area contributed by atoms with Gasteiger partial charge in [0.25, 0.3) is 0 Å². The number of benzene rings is 10. The highest BCUT2D eigenvalue weighted by Crippen LogP contribution is 2.47. The SMILES string of the molecule is c1ccc(-c2cccc3cccc(-c4ccccc4N(c4ccc(-c5cccc6sc7ccccc7c56)cc4)c4cccc(-c5cccc6c5sc5ccccc56)c4)c23)cc1. The lowest BCUT2D eigenvalue weighted by Crippen LogP contribution is -2.11. The third kappa shape index (κ3) is 6.04. The van der Waals surface area contributed by atoms with Gasteiger partial charge in [0, 0.05) is 57.3 Å². The summed E-state index contributed by atoms with van der Waals surface area (Å²) in [5.41, 5.74) is 13.0. The van der Waals surface area contributed by atoms with E-state index in [2.05, 4.69) is 229 Å². The smallest absolute Gasteiger partial charge is 0.0540 e. The molecule has 0 saturated heterocycles. The molecule has 12 rings (SSSR count). The molecule has 0 amide bonds. The van der Waals surface area contributed by atoms with Crippen molar-refractivity contribution in [3.8, 4) is 44.5 Å². The number of anilines is 3. The molecule has 0 spiro atoms. The van der Waals surface area contributed by atoms with Crippen molar-refractivity contribution < 1.29 is 0 Å². The highest BCUT2D eigenvalue weighted by Gasteiger charge is 2.21. The lowest BCUT2D eigenvalue weighted by molar-refractivity contribution is 1.28. The molecule has 0 atom stereocenters. The van der Waals surface area contributed by atoms with E-state index in [0.29, 0.717) is 0 Å². The molecule has 0 radical (unpaired) electrons. The molecular weight excluding hydrogens is 775 g/mol. The van der Waals surface area contributed by atoms with Gasteiger partial charge in [-0.2, -0.15) is 0 Å². The van der Waals surface area contributed by atoms with Crippen molar-refractivity contribution in [2.45, 2.75) is 0 Å². The van der Waals surface area contributed by atoms with Gasteiger partial charge in [-0.15, -0.1) is 22.7 Å². The number of thiophene rings is 2. The zero-order valence-electron chi connectivity index (χ0n) is 33.1. The van der Waals surface area contributed by atoms with Gasteiger partial charge in [-0.1, -0.05) is 176 Å². The minimum Gasteiger partial charge on any atom is -0.310 e. The van der Waals surface area contributed by atoms with Crippen molar-refractivity contribution in [2.75, 3.05) is 4.90 Å². The molecule has 10 aromatic carbocycles. The molecule has 61 heavy (non-hydrogen) atoms. The van der Waals surface area contributed by atoms with Crippen LogP contribution < -0.4 is 4.90 Å². The fourth-order valence-electron chi connectivity index (χ4n) is 9.34. The molecule has 3 heteroatoms. The zero-order valence-corrected chi connectivity index (χ0v) is 34.8. The molecule has 0 bridgehead atoms. The van der Waals surface area contributed by atoms with Crippen LogP contribution in [-0.2, 0) is 0 Å². The van der Waals surface area contributed by atoms with Gasteiger partial charge in [-0.05, 0) is 98.2 Å². The van der Waals surface area contributed by atoms with Crippen LogP contribution in [0, 0.1) is 0 Å². The Bertz CT molecular complexity index is 3590. The van der Waals surface area contributed by atoms with Crippen LogP contribution in [0.5, 0.6) is 0 Å². The molecule has 2 heterocycles. The second kappa shape index (κ2) is 14.8. The van der Waals surface area contributed by atoms with Gasteiger partial charge in [0.2, 0.25) is 0 Å². The van der Waals surface area contributed by atoms with Crippen molar-refractivity contribution in [1.29, 1.82) is 0 Å². The maximum atomic E-state index is 2.46. The van der Waals surface area contributed by atoms with Crippen LogP contribution in [0.2, 0.25) is 0 Å². The summed E-state index contributed by atoms with van der Waals surface area (Å²) in [6.45, 7) is 0. The Hall–Kier alpha value is -7.30.